The Morgan fingerprint density at radius 3 is 2.43 bits per heavy atom. The number of hydrogen-bond acceptors (Lipinski definition) is 5. The van der Waals surface area contributed by atoms with Gasteiger partial charge < -0.3 is 9.84 Å². The van der Waals surface area contributed by atoms with Crippen LogP contribution in [-0.4, -0.2) is 35.2 Å². The van der Waals surface area contributed by atoms with E-state index in [1.807, 2.05) is 0 Å². The first kappa shape index (κ1) is 17.3. The maximum Gasteiger partial charge on any atom is 0.146 e. The van der Waals surface area contributed by atoms with E-state index in [9.17, 15) is 19.5 Å². The van der Waals surface area contributed by atoms with Crippen LogP contribution in [0.15, 0.2) is 24.3 Å². The molecule has 4 atom stereocenters. The van der Waals surface area contributed by atoms with Crippen molar-refractivity contribution in [3.8, 4) is 5.75 Å². The number of ether oxygens (including phenoxy) is 1. The van der Waals surface area contributed by atoms with Gasteiger partial charge in [-0.3, -0.25) is 14.4 Å². The van der Waals surface area contributed by atoms with Gasteiger partial charge in [0.2, 0.25) is 0 Å². The van der Waals surface area contributed by atoms with Crippen LogP contribution in [0.2, 0.25) is 0 Å². The molecule has 1 aliphatic carbocycles. The van der Waals surface area contributed by atoms with Crippen molar-refractivity contribution in [3.05, 3.63) is 29.8 Å². The van der Waals surface area contributed by atoms with E-state index >= 15 is 0 Å². The Morgan fingerprint density at radius 1 is 1.26 bits per heavy atom. The van der Waals surface area contributed by atoms with Crippen LogP contribution in [0.25, 0.3) is 0 Å². The summed E-state index contributed by atoms with van der Waals surface area (Å²) in [5.41, 5.74) is -0.819. The van der Waals surface area contributed by atoms with Crippen molar-refractivity contribution in [2.45, 2.75) is 38.7 Å². The number of carbonyl (C=O) groups is 3. The molecule has 23 heavy (non-hydrogen) atoms. The van der Waals surface area contributed by atoms with Crippen molar-refractivity contribution in [1.29, 1.82) is 0 Å². The average molecular weight is 318 g/mol. The Hall–Kier alpha value is -2.01. The van der Waals surface area contributed by atoms with Gasteiger partial charge in [0.25, 0.3) is 0 Å². The van der Waals surface area contributed by atoms with E-state index in [-0.39, 0.29) is 23.8 Å². The summed E-state index contributed by atoms with van der Waals surface area (Å²) in [7, 11) is 1.52. The van der Waals surface area contributed by atoms with Crippen LogP contribution >= 0.6 is 0 Å². The van der Waals surface area contributed by atoms with Gasteiger partial charge in [0, 0.05) is 12.3 Å². The summed E-state index contributed by atoms with van der Waals surface area (Å²) in [6.45, 7) is 4.23. The lowest BCUT2D eigenvalue weighted by Gasteiger charge is -2.44. The Kier molecular flexibility index (Phi) is 4.71. The van der Waals surface area contributed by atoms with Gasteiger partial charge in [0.05, 0.1) is 24.5 Å². The Labute approximate surface area is 135 Å². The summed E-state index contributed by atoms with van der Waals surface area (Å²) >= 11 is 0. The molecule has 1 aromatic carbocycles. The van der Waals surface area contributed by atoms with E-state index in [4.69, 9.17) is 4.74 Å². The molecule has 1 N–H and O–H groups in total. The van der Waals surface area contributed by atoms with Gasteiger partial charge in [-0.1, -0.05) is 12.1 Å². The first-order chi connectivity index (χ1) is 10.7. The number of benzene rings is 1. The zero-order valence-corrected chi connectivity index (χ0v) is 13.8. The average Bonchev–Trinajstić information content (AvgIpc) is 2.44. The minimum absolute atomic E-state index is 0.192. The molecule has 1 aliphatic rings. The van der Waals surface area contributed by atoms with E-state index in [0.29, 0.717) is 11.3 Å². The zero-order chi connectivity index (χ0) is 17.4. The molecule has 5 heteroatoms. The van der Waals surface area contributed by atoms with Crippen LogP contribution in [0.3, 0.4) is 0 Å². The van der Waals surface area contributed by atoms with Crippen LogP contribution in [0.5, 0.6) is 5.75 Å². The fraction of sp³-hybridized carbons (Fsp3) is 0.500. The molecule has 0 bridgehead atoms. The summed E-state index contributed by atoms with van der Waals surface area (Å²) in [6.07, 6.45) is -0.192. The topological polar surface area (TPSA) is 80.7 Å². The molecule has 0 radical (unpaired) electrons. The van der Waals surface area contributed by atoms with E-state index in [2.05, 4.69) is 0 Å². The van der Waals surface area contributed by atoms with E-state index in [1.54, 1.807) is 24.3 Å². The molecule has 0 unspecified atom stereocenters. The molecule has 1 aromatic rings. The van der Waals surface area contributed by atoms with Gasteiger partial charge in [-0.25, -0.2) is 0 Å². The second-order valence-corrected chi connectivity index (χ2v) is 6.48. The van der Waals surface area contributed by atoms with Gasteiger partial charge >= 0.3 is 0 Å². The Balaban J connectivity index is 2.64. The lowest BCUT2D eigenvalue weighted by atomic mass is 9.60. The monoisotopic (exact) mass is 318 g/mol. The molecule has 0 amide bonds. The molecule has 0 saturated heterocycles. The number of hydrogen-bond donors (Lipinski definition) is 1. The molecule has 1 saturated carbocycles. The fourth-order valence-electron chi connectivity index (χ4n) is 3.76. The van der Waals surface area contributed by atoms with Crippen LogP contribution < -0.4 is 4.74 Å². The third kappa shape index (κ3) is 3.20. The van der Waals surface area contributed by atoms with E-state index in [0.717, 1.165) is 0 Å². The highest BCUT2D eigenvalue weighted by molar-refractivity contribution is 6.05. The fourth-order valence-corrected chi connectivity index (χ4v) is 3.76. The van der Waals surface area contributed by atoms with Crippen molar-refractivity contribution in [2.75, 3.05) is 7.11 Å². The molecule has 0 heterocycles. The minimum Gasteiger partial charge on any atom is -0.497 e. The van der Waals surface area contributed by atoms with Crippen molar-refractivity contribution in [2.24, 2.45) is 11.8 Å². The van der Waals surface area contributed by atoms with Crippen LogP contribution in [-0.2, 0) is 14.4 Å². The minimum atomic E-state index is -1.47. The highest BCUT2D eigenvalue weighted by atomic mass is 16.5. The first-order valence-corrected chi connectivity index (χ1v) is 7.59. The normalized spacial score (nSPS) is 30.8. The zero-order valence-electron chi connectivity index (χ0n) is 13.8. The van der Waals surface area contributed by atoms with Crippen molar-refractivity contribution >= 4 is 17.3 Å². The molecular weight excluding hydrogens is 296 g/mol. The van der Waals surface area contributed by atoms with Crippen molar-refractivity contribution in [3.63, 3.8) is 0 Å². The smallest absolute Gasteiger partial charge is 0.146 e. The van der Waals surface area contributed by atoms with Crippen LogP contribution in [0.1, 0.15) is 38.7 Å². The Bertz CT molecular complexity index is 647. The summed E-state index contributed by atoms with van der Waals surface area (Å²) < 4.78 is 5.20. The standard InChI is InChI=1S/C18H22O5/c1-10(19)15-14(21)9-18(3,22)17(11(2)20)16(15)12-6-5-7-13(8-12)23-4/h5-8,15-17,22H,9H2,1-4H3/t15-,16-,17-,18-/m1/s1. The number of carbonyl (C=O) groups excluding carboxylic acids is 3. The number of Topliss-reactive ketones (excluding diaryl/α,β-unsaturated/α-hetero) is 3. The van der Waals surface area contributed by atoms with Gasteiger partial charge in [-0.2, -0.15) is 0 Å². The van der Waals surface area contributed by atoms with Crippen LogP contribution in [0.4, 0.5) is 0 Å². The predicted molar refractivity (Wildman–Crippen MR) is 84.3 cm³/mol. The van der Waals surface area contributed by atoms with E-state index in [1.165, 1.54) is 27.9 Å². The summed E-state index contributed by atoms with van der Waals surface area (Å²) in [5, 5.41) is 10.6. The summed E-state index contributed by atoms with van der Waals surface area (Å²) in [4.78, 5) is 36.7. The van der Waals surface area contributed by atoms with Gasteiger partial charge in [0.15, 0.2) is 0 Å². The molecule has 0 aromatic heterocycles. The third-order valence-corrected chi connectivity index (χ3v) is 4.62. The maximum absolute atomic E-state index is 12.4. The second kappa shape index (κ2) is 6.24. The summed E-state index contributed by atoms with van der Waals surface area (Å²) in [5.74, 6) is -2.70. The lowest BCUT2D eigenvalue weighted by molar-refractivity contribution is -0.151. The lowest BCUT2D eigenvalue weighted by Crippen LogP contribution is -2.53. The number of rotatable bonds is 4. The Morgan fingerprint density at radius 2 is 1.91 bits per heavy atom. The third-order valence-electron chi connectivity index (χ3n) is 4.62. The van der Waals surface area contributed by atoms with Crippen molar-refractivity contribution in [1.82, 2.24) is 0 Å². The van der Waals surface area contributed by atoms with Crippen LogP contribution in [0, 0.1) is 11.8 Å². The molecule has 124 valence electrons. The maximum atomic E-state index is 12.4. The SMILES string of the molecule is COc1cccc([C@@H]2[C@H](C(C)=O)C(=O)C[C@@](C)(O)[C@@H]2C(C)=O)c1. The quantitative estimate of drug-likeness (QED) is 0.858. The highest BCUT2D eigenvalue weighted by Gasteiger charge is 2.53. The van der Waals surface area contributed by atoms with Gasteiger partial charge in [-0.05, 0) is 38.5 Å². The molecule has 1 fully saturated rings. The van der Waals surface area contributed by atoms with Crippen molar-refractivity contribution < 1.29 is 24.2 Å². The van der Waals surface area contributed by atoms with Gasteiger partial charge in [0.1, 0.15) is 23.1 Å². The second-order valence-electron chi connectivity index (χ2n) is 6.48. The number of methoxy groups -OCH3 is 1. The first-order valence-electron chi connectivity index (χ1n) is 7.59. The largest absolute Gasteiger partial charge is 0.497 e. The molecule has 0 spiro atoms. The highest BCUT2D eigenvalue weighted by Crippen LogP contribution is 2.46. The summed E-state index contributed by atoms with van der Waals surface area (Å²) in [6, 6.07) is 6.97. The predicted octanol–water partition coefficient (Wildman–Crippen LogP) is 1.91. The molecule has 0 aliphatic heterocycles. The molecule has 5 nitrogen and oxygen atoms in total. The molecule has 2 rings (SSSR count). The van der Waals surface area contributed by atoms with Gasteiger partial charge in [-0.15, -0.1) is 0 Å². The van der Waals surface area contributed by atoms with E-state index < -0.39 is 23.4 Å². The molecular formula is C18H22O5. The number of aliphatic hydroxyl groups is 1. The number of ketones is 3.